The average Bonchev–Trinajstić information content (AvgIpc) is 3.11. The van der Waals surface area contributed by atoms with E-state index in [2.05, 4.69) is 11.7 Å². The van der Waals surface area contributed by atoms with Crippen LogP contribution in [-0.2, 0) is 22.4 Å². The molecule has 8 heteroatoms. The van der Waals surface area contributed by atoms with Crippen molar-refractivity contribution in [2.75, 3.05) is 6.54 Å². The summed E-state index contributed by atoms with van der Waals surface area (Å²) in [5.41, 5.74) is 0.438. The van der Waals surface area contributed by atoms with E-state index in [9.17, 15) is 9.90 Å². The zero-order valence-corrected chi connectivity index (χ0v) is 19.0. The topological polar surface area (TPSA) is 76.8 Å². The third-order valence-electron chi connectivity index (χ3n) is 4.66. The largest absolute Gasteiger partial charge is 0.508 e. The molecule has 0 spiro atoms. The van der Waals surface area contributed by atoms with Gasteiger partial charge in [-0.05, 0) is 66.2 Å². The number of phenolic OH excluding ortho intramolecular Hbond substituents is 1. The zero-order valence-electron chi connectivity index (χ0n) is 19.0. The van der Waals surface area contributed by atoms with Crippen molar-refractivity contribution in [1.29, 1.82) is 0 Å². The number of amides is 1. The molecular formula is C23H30FN3O4. The maximum absolute atomic E-state index is 15.4. The third-order valence-corrected chi connectivity index (χ3v) is 4.66. The number of hydrogen-bond acceptors (Lipinski definition) is 5. The molecule has 0 radical (unpaired) electrons. The van der Waals surface area contributed by atoms with Crippen molar-refractivity contribution in [3.8, 4) is 16.9 Å². The molecule has 1 amide bonds. The lowest BCUT2D eigenvalue weighted by molar-refractivity contribution is 0.0221. The highest BCUT2D eigenvalue weighted by atomic mass is 19.1. The van der Waals surface area contributed by atoms with Crippen molar-refractivity contribution in [2.24, 2.45) is 0 Å². The summed E-state index contributed by atoms with van der Waals surface area (Å²) in [5.74, 6) is -0.190. The first-order valence-corrected chi connectivity index (χ1v) is 10.2. The fraction of sp³-hybridized carbons (Fsp3) is 0.478. The molecule has 0 aliphatic carbocycles. The Hall–Kier alpha value is -3.03. The van der Waals surface area contributed by atoms with E-state index in [0.717, 1.165) is 0 Å². The van der Waals surface area contributed by atoms with Crippen LogP contribution in [0, 0.1) is 5.82 Å². The lowest BCUT2D eigenvalue weighted by Gasteiger charge is -2.32. The fourth-order valence-electron chi connectivity index (χ4n) is 3.38. The third kappa shape index (κ3) is 5.18. The van der Waals surface area contributed by atoms with Crippen LogP contribution in [0.3, 0.4) is 0 Å². The van der Waals surface area contributed by atoms with Crippen LogP contribution in [-0.4, -0.2) is 43.6 Å². The molecule has 2 aromatic rings. The number of benzene rings is 1. The van der Waals surface area contributed by atoms with Gasteiger partial charge in [-0.25, -0.2) is 13.9 Å². The van der Waals surface area contributed by atoms with Gasteiger partial charge in [-0.15, -0.1) is 0 Å². The first-order valence-electron chi connectivity index (χ1n) is 10.2. The van der Waals surface area contributed by atoms with Crippen molar-refractivity contribution in [2.45, 2.75) is 65.7 Å². The predicted molar refractivity (Wildman–Crippen MR) is 116 cm³/mol. The predicted octanol–water partition coefficient (Wildman–Crippen LogP) is 4.93. The Morgan fingerprint density at radius 1 is 1.16 bits per heavy atom. The second-order valence-corrected chi connectivity index (χ2v) is 9.65. The Kier molecular flexibility index (Phi) is 5.78. The van der Waals surface area contributed by atoms with Crippen LogP contribution in [0.2, 0.25) is 0 Å². The van der Waals surface area contributed by atoms with Gasteiger partial charge in [-0.1, -0.05) is 0 Å². The lowest BCUT2D eigenvalue weighted by atomic mass is 9.93. The van der Waals surface area contributed by atoms with E-state index in [4.69, 9.17) is 9.47 Å². The van der Waals surface area contributed by atoms with Crippen LogP contribution < -0.4 is 0 Å². The number of hydrogen-bond donors (Lipinski definition) is 1. The number of ether oxygens (including phenoxy) is 2. The van der Waals surface area contributed by atoms with Crippen molar-refractivity contribution in [3.05, 3.63) is 42.0 Å². The Balaban J connectivity index is 1.87. The van der Waals surface area contributed by atoms with E-state index < -0.39 is 23.1 Å². The van der Waals surface area contributed by atoms with Crippen LogP contribution in [0.5, 0.6) is 5.75 Å². The minimum Gasteiger partial charge on any atom is -0.508 e. The van der Waals surface area contributed by atoms with Gasteiger partial charge in [0.2, 0.25) is 5.88 Å². The Labute approximate surface area is 182 Å². The molecule has 0 saturated heterocycles. The van der Waals surface area contributed by atoms with Gasteiger partial charge in [0.05, 0.1) is 12.7 Å². The van der Waals surface area contributed by atoms with Gasteiger partial charge in [-0.2, -0.15) is 5.10 Å². The van der Waals surface area contributed by atoms with Gasteiger partial charge < -0.3 is 19.5 Å². The van der Waals surface area contributed by atoms with Crippen molar-refractivity contribution in [3.63, 3.8) is 0 Å². The molecule has 1 aliphatic rings. The van der Waals surface area contributed by atoms with Gasteiger partial charge in [-0.3, -0.25) is 0 Å². The highest BCUT2D eigenvalue weighted by Crippen LogP contribution is 2.37. The molecule has 1 aliphatic heterocycles. The molecule has 168 valence electrons. The molecule has 0 saturated carbocycles. The highest BCUT2D eigenvalue weighted by molar-refractivity contribution is 5.71. The average molecular weight is 432 g/mol. The highest BCUT2D eigenvalue weighted by Gasteiger charge is 2.30. The van der Waals surface area contributed by atoms with Crippen LogP contribution in [0.4, 0.5) is 9.18 Å². The molecule has 31 heavy (non-hydrogen) atoms. The zero-order chi connectivity index (χ0) is 23.1. The molecule has 0 atom stereocenters. The summed E-state index contributed by atoms with van der Waals surface area (Å²) in [4.78, 5) is 13.8. The molecule has 2 heterocycles. The Morgan fingerprint density at radius 3 is 2.42 bits per heavy atom. The van der Waals surface area contributed by atoms with Gasteiger partial charge in [0.15, 0.2) is 0 Å². The number of aromatic nitrogens is 2. The number of aromatic hydroxyl groups is 1. The summed E-state index contributed by atoms with van der Waals surface area (Å²) in [6, 6.07) is 1.36. The molecule has 1 aromatic heterocycles. The maximum atomic E-state index is 15.4. The minimum absolute atomic E-state index is 0.0721. The molecule has 1 N–H and O–H groups in total. The van der Waals surface area contributed by atoms with Gasteiger partial charge in [0.1, 0.15) is 22.8 Å². The van der Waals surface area contributed by atoms with Gasteiger partial charge in [0.25, 0.3) is 0 Å². The molecule has 0 unspecified atom stereocenters. The number of nitrogens with zero attached hydrogens (tertiary/aromatic N) is 3. The number of halogens is 1. The van der Waals surface area contributed by atoms with Crippen molar-refractivity contribution >= 4 is 12.0 Å². The second kappa shape index (κ2) is 7.90. The van der Waals surface area contributed by atoms with Crippen LogP contribution >= 0.6 is 0 Å². The smallest absolute Gasteiger partial charge is 0.410 e. The summed E-state index contributed by atoms with van der Waals surface area (Å²) >= 11 is 0. The van der Waals surface area contributed by atoms with E-state index in [-0.39, 0.29) is 24.3 Å². The second-order valence-electron chi connectivity index (χ2n) is 9.65. The number of rotatable bonds is 3. The molecule has 7 nitrogen and oxygen atoms in total. The van der Waals surface area contributed by atoms with E-state index in [1.54, 1.807) is 27.0 Å². The Bertz CT molecular complexity index is 1020. The normalized spacial score (nSPS) is 14.2. The SMILES string of the molecule is C=C(OC(C)(C)C)n1cc(-c2cc(O)c3c(c2F)CCN(C(=O)OC(C)(C)C)C3)cn1. The summed E-state index contributed by atoms with van der Waals surface area (Å²) in [5, 5.41) is 14.8. The fourth-order valence-corrected chi connectivity index (χ4v) is 3.38. The quantitative estimate of drug-likeness (QED) is 0.697. The number of carbonyl (C=O) groups excluding carboxylic acids is 1. The molecule has 3 rings (SSSR count). The Morgan fingerprint density at radius 2 is 1.81 bits per heavy atom. The van der Waals surface area contributed by atoms with Crippen LogP contribution in [0.15, 0.2) is 25.0 Å². The minimum atomic E-state index is -0.630. The molecule has 0 fully saturated rings. The first-order chi connectivity index (χ1) is 14.2. The van der Waals surface area contributed by atoms with Crippen molar-refractivity contribution in [1.82, 2.24) is 14.7 Å². The van der Waals surface area contributed by atoms with E-state index in [1.807, 2.05) is 20.8 Å². The first kappa shape index (κ1) is 22.7. The van der Waals surface area contributed by atoms with Gasteiger partial charge >= 0.3 is 6.09 Å². The summed E-state index contributed by atoms with van der Waals surface area (Å²) in [6.07, 6.45) is 2.89. The van der Waals surface area contributed by atoms with E-state index in [0.29, 0.717) is 29.1 Å². The number of phenols is 1. The standard InChI is InChI=1S/C23H30FN3O4/c1-14(30-22(2,3)4)27-12-15(11-25-27)17-10-19(28)18-13-26(9-8-16(18)20(17)24)21(29)31-23(5,6)7/h10-12,28H,1,8-9,13H2,2-7H3. The molecule has 1 aromatic carbocycles. The summed E-state index contributed by atoms with van der Waals surface area (Å²) in [6.45, 7) is 15.3. The summed E-state index contributed by atoms with van der Waals surface area (Å²) < 4.78 is 27.9. The number of carbonyl (C=O) groups is 1. The monoisotopic (exact) mass is 431 g/mol. The van der Waals surface area contributed by atoms with Crippen LogP contribution in [0.1, 0.15) is 52.7 Å². The van der Waals surface area contributed by atoms with E-state index >= 15 is 4.39 Å². The maximum Gasteiger partial charge on any atom is 0.410 e. The summed E-state index contributed by atoms with van der Waals surface area (Å²) in [7, 11) is 0. The molecular weight excluding hydrogens is 401 g/mol. The number of fused-ring (bicyclic) bond motifs is 1. The van der Waals surface area contributed by atoms with Crippen molar-refractivity contribution < 1.29 is 23.8 Å². The molecule has 0 bridgehead atoms. The van der Waals surface area contributed by atoms with Crippen LogP contribution in [0.25, 0.3) is 17.0 Å². The van der Waals surface area contributed by atoms with Gasteiger partial charge in [0, 0.05) is 29.4 Å². The lowest BCUT2D eigenvalue weighted by Crippen LogP contribution is -2.40. The van der Waals surface area contributed by atoms with E-state index in [1.165, 1.54) is 21.8 Å².